The highest BCUT2D eigenvalue weighted by atomic mass is 127. The summed E-state index contributed by atoms with van der Waals surface area (Å²) < 4.78 is 11.8. The number of esters is 1. The monoisotopic (exact) mass is 723 g/mol. The molecule has 3 aromatic rings. The normalized spacial score (nSPS) is 18.7. The molecule has 3 atom stereocenters. The first kappa shape index (κ1) is 29.3. The molecule has 3 N–H and O–H groups in total. The number of fused-ring (bicyclic) bond motifs is 1. The number of aromatic nitrogens is 1. The number of ether oxygens (including phenoxy) is 2. The second-order valence-electron chi connectivity index (χ2n) is 8.74. The molecular weight excluding hydrogens is 701 g/mol. The molecule has 41 heavy (non-hydrogen) atoms. The number of nitrogen functional groups attached to an aromatic ring is 1. The number of thioether (sulfide) groups is 2. The van der Waals surface area contributed by atoms with Crippen molar-refractivity contribution in [3.8, 4) is 5.75 Å². The van der Waals surface area contributed by atoms with Gasteiger partial charge in [-0.15, -0.1) is 28.0 Å². The molecule has 1 unspecified atom stereocenters. The number of carbonyl (C=O) groups excluding carboxylic acids is 3. The van der Waals surface area contributed by atoms with E-state index in [1.165, 1.54) is 33.8 Å². The summed E-state index contributed by atoms with van der Waals surface area (Å²) in [6, 6.07) is 12.4. The molecule has 3 heterocycles. The van der Waals surface area contributed by atoms with E-state index in [1.54, 1.807) is 31.4 Å². The zero-order chi connectivity index (χ0) is 29.1. The lowest BCUT2D eigenvalue weighted by Gasteiger charge is -2.49. The summed E-state index contributed by atoms with van der Waals surface area (Å²) in [6.07, 6.45) is 0. The molecule has 0 saturated carbocycles. The Bertz CT molecular complexity index is 1530. The van der Waals surface area contributed by atoms with Crippen molar-refractivity contribution in [2.75, 3.05) is 18.6 Å². The van der Waals surface area contributed by atoms with Crippen molar-refractivity contribution in [1.82, 2.24) is 15.2 Å². The van der Waals surface area contributed by atoms with E-state index in [2.05, 4.69) is 38.1 Å². The molecule has 1 fully saturated rings. The SMILES string of the molecule is COc1ccc(COC(=O)C2=C(Sc3ccccc3I)CS[C@H]3[C@H](NC(=O)C(N=O)c4csc(N)n4)C(=O)N23)cc1. The molecule has 2 aliphatic heterocycles. The summed E-state index contributed by atoms with van der Waals surface area (Å²) in [4.78, 5) is 58.2. The Kier molecular flexibility index (Phi) is 9.16. The van der Waals surface area contributed by atoms with Crippen LogP contribution in [-0.4, -0.2) is 51.9 Å². The number of nitroso groups, excluding NO2 is 1. The van der Waals surface area contributed by atoms with Crippen molar-refractivity contribution < 1.29 is 23.9 Å². The summed E-state index contributed by atoms with van der Waals surface area (Å²) in [6.45, 7) is -0.00337. The lowest BCUT2D eigenvalue weighted by Crippen LogP contribution is -2.70. The van der Waals surface area contributed by atoms with Gasteiger partial charge in [-0.05, 0) is 57.6 Å². The van der Waals surface area contributed by atoms with Crippen molar-refractivity contribution >= 4 is 80.4 Å². The lowest BCUT2D eigenvalue weighted by atomic mass is 10.0. The Balaban J connectivity index is 1.37. The summed E-state index contributed by atoms with van der Waals surface area (Å²) in [5.41, 5.74) is 6.63. The van der Waals surface area contributed by atoms with Gasteiger partial charge in [-0.1, -0.05) is 36.0 Å². The molecule has 2 aromatic carbocycles. The van der Waals surface area contributed by atoms with Gasteiger partial charge in [0, 0.05) is 24.5 Å². The number of rotatable bonds is 10. The van der Waals surface area contributed by atoms with E-state index in [-0.39, 0.29) is 23.1 Å². The maximum absolute atomic E-state index is 13.5. The number of hydrogen-bond acceptors (Lipinski definition) is 12. The topological polar surface area (TPSA) is 153 Å². The maximum Gasteiger partial charge on any atom is 0.356 e. The number of amides is 2. The fraction of sp³-hybridized carbons (Fsp3) is 0.231. The van der Waals surface area contributed by atoms with E-state index in [0.717, 1.165) is 25.4 Å². The van der Waals surface area contributed by atoms with Crippen LogP contribution in [0.2, 0.25) is 0 Å². The number of hydrogen-bond donors (Lipinski definition) is 2. The largest absolute Gasteiger partial charge is 0.497 e. The first-order valence-corrected chi connectivity index (χ1v) is 15.9. The zero-order valence-electron chi connectivity index (χ0n) is 21.3. The van der Waals surface area contributed by atoms with Gasteiger partial charge in [-0.2, -0.15) is 0 Å². The van der Waals surface area contributed by atoms with Gasteiger partial charge in [0.2, 0.25) is 6.04 Å². The summed E-state index contributed by atoms with van der Waals surface area (Å²) >= 11 is 6.10. The number of nitrogens with two attached hydrogens (primary N) is 1. The van der Waals surface area contributed by atoms with Gasteiger partial charge in [0.05, 0.1) is 12.8 Å². The van der Waals surface area contributed by atoms with Crippen LogP contribution in [0.1, 0.15) is 17.3 Å². The van der Waals surface area contributed by atoms with Crippen molar-refractivity contribution in [1.29, 1.82) is 0 Å². The molecular formula is C26H22IN5O6S3. The van der Waals surface area contributed by atoms with Crippen molar-refractivity contribution in [3.63, 3.8) is 0 Å². The van der Waals surface area contributed by atoms with Gasteiger partial charge in [0.1, 0.15) is 29.5 Å². The number of carbonyl (C=O) groups is 3. The Labute approximate surface area is 260 Å². The van der Waals surface area contributed by atoms with E-state index in [9.17, 15) is 19.3 Å². The van der Waals surface area contributed by atoms with Crippen LogP contribution in [-0.2, 0) is 25.7 Å². The Hall–Kier alpha value is -3.15. The van der Waals surface area contributed by atoms with Crippen molar-refractivity contribution in [2.24, 2.45) is 5.18 Å². The highest BCUT2D eigenvalue weighted by Gasteiger charge is 2.55. The minimum Gasteiger partial charge on any atom is -0.497 e. The highest BCUT2D eigenvalue weighted by molar-refractivity contribution is 14.1. The first-order valence-electron chi connectivity index (χ1n) is 12.0. The molecule has 0 bridgehead atoms. The Morgan fingerprint density at radius 3 is 2.68 bits per heavy atom. The molecule has 2 aliphatic rings. The predicted octanol–water partition coefficient (Wildman–Crippen LogP) is 4.29. The third kappa shape index (κ3) is 6.22. The van der Waals surface area contributed by atoms with E-state index in [1.807, 2.05) is 24.3 Å². The van der Waals surface area contributed by atoms with Crippen molar-refractivity contribution in [2.45, 2.75) is 29.0 Å². The molecule has 0 aliphatic carbocycles. The predicted molar refractivity (Wildman–Crippen MR) is 165 cm³/mol. The minimum atomic E-state index is -1.45. The molecule has 15 heteroatoms. The molecule has 0 radical (unpaired) electrons. The number of halogens is 1. The lowest BCUT2D eigenvalue weighted by molar-refractivity contribution is -0.153. The fourth-order valence-electron chi connectivity index (χ4n) is 4.15. The number of nitrogens with one attached hydrogen (secondary N) is 1. The van der Waals surface area contributed by atoms with Gasteiger partial charge in [-0.3, -0.25) is 14.5 Å². The molecule has 11 nitrogen and oxygen atoms in total. The maximum atomic E-state index is 13.5. The molecule has 0 spiro atoms. The quantitative estimate of drug-likeness (QED) is 0.134. The van der Waals surface area contributed by atoms with E-state index < -0.39 is 35.2 Å². The number of nitrogens with zero attached hydrogens (tertiary/aromatic N) is 3. The summed E-state index contributed by atoms with van der Waals surface area (Å²) in [5, 5.41) is 6.59. The molecule has 2 amide bonds. The van der Waals surface area contributed by atoms with Crippen LogP contribution in [0.4, 0.5) is 5.13 Å². The Morgan fingerprint density at radius 1 is 1.27 bits per heavy atom. The molecule has 212 valence electrons. The highest BCUT2D eigenvalue weighted by Crippen LogP contribution is 2.46. The number of benzene rings is 2. The van der Waals surface area contributed by atoms with Crippen LogP contribution < -0.4 is 15.8 Å². The summed E-state index contributed by atoms with van der Waals surface area (Å²) in [5.74, 6) is -0.828. The minimum absolute atomic E-state index is 0.00337. The first-order chi connectivity index (χ1) is 19.8. The van der Waals surface area contributed by atoms with E-state index in [4.69, 9.17) is 15.2 Å². The van der Waals surface area contributed by atoms with Crippen LogP contribution >= 0.6 is 57.5 Å². The average Bonchev–Trinajstić information content (AvgIpc) is 3.41. The standard InChI is InChI=1S/C26H22IN5O6S3/c1-37-14-8-6-13(7-9-14)10-38-25(35)21-18(41-17-5-3-2-4-15(17)27)12-39-24-20(23(34)32(21)24)30-22(33)19(31-36)16-11-40-26(28)29-16/h2-9,11,19-20,24H,10,12H2,1H3,(H2,28,29)(H,30,33)/t19?,20-,24+/m1/s1. The van der Waals surface area contributed by atoms with Gasteiger partial charge < -0.3 is 20.5 Å². The number of β-lactam (4-membered cyclic amide) rings is 1. The smallest absolute Gasteiger partial charge is 0.356 e. The van der Waals surface area contributed by atoms with Gasteiger partial charge in [0.25, 0.3) is 11.8 Å². The molecule has 1 aromatic heterocycles. The van der Waals surface area contributed by atoms with Crippen LogP contribution in [0.15, 0.2) is 74.6 Å². The van der Waals surface area contributed by atoms with E-state index >= 15 is 0 Å². The molecule has 5 rings (SSSR count). The number of anilines is 1. The van der Waals surface area contributed by atoms with Crippen LogP contribution in [0.25, 0.3) is 0 Å². The van der Waals surface area contributed by atoms with Crippen molar-refractivity contribution in [3.05, 3.63) is 84.2 Å². The fourth-order valence-corrected chi connectivity index (χ4v) is 7.94. The van der Waals surface area contributed by atoms with Crippen LogP contribution in [0.3, 0.4) is 0 Å². The van der Waals surface area contributed by atoms with Crippen LogP contribution in [0.5, 0.6) is 5.75 Å². The Morgan fingerprint density at radius 2 is 2.02 bits per heavy atom. The third-order valence-electron chi connectivity index (χ3n) is 6.20. The van der Waals surface area contributed by atoms with Gasteiger partial charge in [0.15, 0.2) is 5.13 Å². The third-order valence-corrected chi connectivity index (χ3v) is 10.8. The average molecular weight is 724 g/mol. The van der Waals surface area contributed by atoms with Gasteiger partial charge in [-0.25, -0.2) is 9.78 Å². The number of methoxy groups -OCH3 is 1. The second-order valence-corrected chi connectivity index (χ2v) is 13.0. The van der Waals surface area contributed by atoms with E-state index in [0.29, 0.717) is 16.4 Å². The number of thiazole rings is 1. The second kappa shape index (κ2) is 12.8. The zero-order valence-corrected chi connectivity index (χ0v) is 25.9. The van der Waals surface area contributed by atoms with Gasteiger partial charge >= 0.3 is 5.97 Å². The summed E-state index contributed by atoms with van der Waals surface area (Å²) in [7, 11) is 1.57. The van der Waals surface area contributed by atoms with Crippen LogP contribution in [0, 0.1) is 8.48 Å². The molecule has 1 saturated heterocycles.